The zero-order valence-electron chi connectivity index (χ0n) is 9.24. The minimum absolute atomic E-state index is 0.00924. The molecule has 4 heteroatoms. The van der Waals surface area contributed by atoms with E-state index in [4.69, 9.17) is 14.7 Å². The van der Waals surface area contributed by atoms with Crippen LogP contribution in [0.2, 0.25) is 0 Å². The van der Waals surface area contributed by atoms with Crippen molar-refractivity contribution in [2.45, 2.75) is 38.0 Å². The predicted molar refractivity (Wildman–Crippen MR) is 55.1 cm³/mol. The highest BCUT2D eigenvalue weighted by atomic mass is 16.7. The van der Waals surface area contributed by atoms with Crippen LogP contribution in [0.3, 0.4) is 0 Å². The van der Waals surface area contributed by atoms with Gasteiger partial charge in [-0.05, 0) is 19.4 Å². The van der Waals surface area contributed by atoms with Crippen molar-refractivity contribution in [3.05, 3.63) is 0 Å². The fourth-order valence-corrected chi connectivity index (χ4v) is 2.45. The average molecular weight is 210 g/mol. The molecule has 0 bridgehead atoms. The molecule has 0 aliphatic carbocycles. The highest BCUT2D eigenvalue weighted by Crippen LogP contribution is 2.31. The Labute approximate surface area is 90.8 Å². The smallest absolute Gasteiger partial charge is 0.181 e. The zero-order valence-corrected chi connectivity index (χ0v) is 9.24. The Morgan fingerprint density at radius 3 is 2.80 bits per heavy atom. The number of piperidine rings is 1. The van der Waals surface area contributed by atoms with E-state index in [0.29, 0.717) is 13.2 Å². The Kier molecular flexibility index (Phi) is 3.25. The lowest BCUT2D eigenvalue weighted by Crippen LogP contribution is -2.52. The van der Waals surface area contributed by atoms with Gasteiger partial charge in [0.15, 0.2) is 5.79 Å². The maximum Gasteiger partial charge on any atom is 0.181 e. The number of hydrogen-bond acceptors (Lipinski definition) is 4. The average Bonchev–Trinajstić information content (AvgIpc) is 2.68. The molecule has 1 atom stereocenters. The SMILES string of the molecule is CCC(C#N)N1CCCC2(C1)OCCO2. The summed E-state index contributed by atoms with van der Waals surface area (Å²) in [6.45, 7) is 5.17. The monoisotopic (exact) mass is 210 g/mol. The van der Waals surface area contributed by atoms with Crippen molar-refractivity contribution < 1.29 is 9.47 Å². The molecule has 4 nitrogen and oxygen atoms in total. The molecule has 0 aromatic heterocycles. The molecule has 0 aromatic rings. The number of nitrogens with zero attached hydrogens (tertiary/aromatic N) is 2. The van der Waals surface area contributed by atoms with E-state index in [-0.39, 0.29) is 6.04 Å². The minimum atomic E-state index is -0.400. The Morgan fingerprint density at radius 1 is 1.47 bits per heavy atom. The molecule has 0 aromatic carbocycles. The second-order valence-electron chi connectivity index (χ2n) is 4.23. The Bertz CT molecular complexity index is 256. The number of rotatable bonds is 2. The van der Waals surface area contributed by atoms with E-state index in [1.54, 1.807) is 0 Å². The van der Waals surface area contributed by atoms with E-state index in [0.717, 1.165) is 32.4 Å². The van der Waals surface area contributed by atoms with Gasteiger partial charge in [0.05, 0.1) is 31.9 Å². The summed E-state index contributed by atoms with van der Waals surface area (Å²) >= 11 is 0. The molecular formula is C11H18N2O2. The van der Waals surface area contributed by atoms with Crippen molar-refractivity contribution >= 4 is 0 Å². The number of hydrogen-bond donors (Lipinski definition) is 0. The van der Waals surface area contributed by atoms with Crippen LogP contribution in [0.4, 0.5) is 0 Å². The highest BCUT2D eigenvalue weighted by Gasteiger charge is 2.42. The van der Waals surface area contributed by atoms with E-state index < -0.39 is 5.79 Å². The molecule has 0 saturated carbocycles. The predicted octanol–water partition coefficient (Wildman–Crippen LogP) is 1.13. The summed E-state index contributed by atoms with van der Waals surface area (Å²) in [5, 5.41) is 9.04. The summed E-state index contributed by atoms with van der Waals surface area (Å²) in [6.07, 6.45) is 2.89. The van der Waals surface area contributed by atoms with Gasteiger partial charge in [0, 0.05) is 6.42 Å². The minimum Gasteiger partial charge on any atom is -0.346 e. The van der Waals surface area contributed by atoms with Crippen molar-refractivity contribution in [1.29, 1.82) is 5.26 Å². The maximum absolute atomic E-state index is 9.04. The largest absolute Gasteiger partial charge is 0.346 e. The molecule has 0 radical (unpaired) electrons. The van der Waals surface area contributed by atoms with Crippen LogP contribution in [0, 0.1) is 11.3 Å². The first-order chi connectivity index (χ1) is 7.29. The summed E-state index contributed by atoms with van der Waals surface area (Å²) in [4.78, 5) is 2.19. The van der Waals surface area contributed by atoms with E-state index in [9.17, 15) is 0 Å². The van der Waals surface area contributed by atoms with Gasteiger partial charge in [-0.1, -0.05) is 6.92 Å². The molecule has 2 aliphatic rings. The Balaban J connectivity index is 2.00. The quantitative estimate of drug-likeness (QED) is 0.685. The van der Waals surface area contributed by atoms with E-state index in [2.05, 4.69) is 11.0 Å². The second kappa shape index (κ2) is 4.48. The molecule has 2 fully saturated rings. The van der Waals surface area contributed by atoms with Crippen LogP contribution in [-0.4, -0.2) is 43.0 Å². The molecule has 0 amide bonds. The normalized spacial score (nSPS) is 27.7. The number of likely N-dealkylation sites (tertiary alicyclic amines) is 1. The Hall–Kier alpha value is -0.630. The second-order valence-corrected chi connectivity index (χ2v) is 4.23. The molecular weight excluding hydrogens is 192 g/mol. The third kappa shape index (κ3) is 2.15. The van der Waals surface area contributed by atoms with Crippen LogP contribution in [-0.2, 0) is 9.47 Å². The van der Waals surface area contributed by atoms with Crippen LogP contribution in [0.25, 0.3) is 0 Å². The molecule has 84 valence electrons. The lowest BCUT2D eigenvalue weighted by molar-refractivity contribution is -0.191. The molecule has 2 saturated heterocycles. The van der Waals surface area contributed by atoms with E-state index in [1.807, 2.05) is 6.92 Å². The van der Waals surface area contributed by atoms with Gasteiger partial charge >= 0.3 is 0 Å². The summed E-state index contributed by atoms with van der Waals surface area (Å²) in [5.41, 5.74) is 0. The van der Waals surface area contributed by atoms with Crippen LogP contribution in [0.1, 0.15) is 26.2 Å². The fourth-order valence-electron chi connectivity index (χ4n) is 2.45. The molecule has 0 N–H and O–H groups in total. The first-order valence-corrected chi connectivity index (χ1v) is 5.71. The maximum atomic E-state index is 9.04. The van der Waals surface area contributed by atoms with Gasteiger partial charge in [0.2, 0.25) is 0 Å². The van der Waals surface area contributed by atoms with Gasteiger partial charge in [-0.25, -0.2) is 0 Å². The summed E-state index contributed by atoms with van der Waals surface area (Å²) in [5.74, 6) is -0.400. The summed E-state index contributed by atoms with van der Waals surface area (Å²) in [7, 11) is 0. The fraction of sp³-hybridized carbons (Fsp3) is 0.909. The van der Waals surface area contributed by atoms with Crippen LogP contribution < -0.4 is 0 Å². The van der Waals surface area contributed by atoms with Crippen molar-refractivity contribution in [1.82, 2.24) is 4.90 Å². The van der Waals surface area contributed by atoms with Gasteiger partial charge in [-0.2, -0.15) is 5.26 Å². The van der Waals surface area contributed by atoms with Crippen LogP contribution >= 0.6 is 0 Å². The van der Waals surface area contributed by atoms with Crippen molar-refractivity contribution in [2.75, 3.05) is 26.3 Å². The van der Waals surface area contributed by atoms with E-state index >= 15 is 0 Å². The molecule has 2 heterocycles. The Morgan fingerprint density at radius 2 is 2.20 bits per heavy atom. The molecule has 15 heavy (non-hydrogen) atoms. The summed E-state index contributed by atoms with van der Waals surface area (Å²) in [6, 6.07) is 2.35. The van der Waals surface area contributed by atoms with Gasteiger partial charge < -0.3 is 9.47 Å². The molecule has 2 rings (SSSR count). The highest BCUT2D eigenvalue weighted by molar-refractivity contribution is 4.95. The van der Waals surface area contributed by atoms with Crippen LogP contribution in [0.5, 0.6) is 0 Å². The van der Waals surface area contributed by atoms with Crippen molar-refractivity contribution in [3.8, 4) is 6.07 Å². The standard InChI is InChI=1S/C11H18N2O2/c1-2-10(8-12)13-5-3-4-11(9-13)14-6-7-15-11/h10H,2-7,9H2,1H3. The topological polar surface area (TPSA) is 45.5 Å². The molecule has 1 spiro atoms. The number of ether oxygens (including phenoxy) is 2. The molecule has 1 unspecified atom stereocenters. The van der Waals surface area contributed by atoms with Gasteiger partial charge in [0.1, 0.15) is 0 Å². The summed E-state index contributed by atoms with van der Waals surface area (Å²) < 4.78 is 11.4. The first kappa shape index (κ1) is 10.9. The third-order valence-corrected chi connectivity index (χ3v) is 3.24. The number of nitriles is 1. The van der Waals surface area contributed by atoms with E-state index in [1.165, 1.54) is 0 Å². The van der Waals surface area contributed by atoms with Gasteiger partial charge in [-0.15, -0.1) is 0 Å². The zero-order chi connectivity index (χ0) is 10.7. The first-order valence-electron chi connectivity index (χ1n) is 5.71. The van der Waals surface area contributed by atoms with Crippen molar-refractivity contribution in [2.24, 2.45) is 0 Å². The van der Waals surface area contributed by atoms with Crippen LogP contribution in [0.15, 0.2) is 0 Å². The third-order valence-electron chi connectivity index (χ3n) is 3.24. The van der Waals surface area contributed by atoms with Gasteiger partial charge in [-0.3, -0.25) is 4.90 Å². The lowest BCUT2D eigenvalue weighted by Gasteiger charge is -2.40. The van der Waals surface area contributed by atoms with Gasteiger partial charge in [0.25, 0.3) is 0 Å². The lowest BCUT2D eigenvalue weighted by atomic mass is 10.0. The van der Waals surface area contributed by atoms with Crippen molar-refractivity contribution in [3.63, 3.8) is 0 Å². The molecule has 2 aliphatic heterocycles.